The molecule has 1 heterocycles. The second kappa shape index (κ2) is 6.31. The minimum Gasteiger partial charge on any atom is -0.377 e. The molecule has 1 unspecified atom stereocenters. The van der Waals surface area contributed by atoms with Gasteiger partial charge in [-0.2, -0.15) is 0 Å². The zero-order chi connectivity index (χ0) is 13.8. The topological polar surface area (TPSA) is 27.3 Å². The average Bonchev–Trinajstić information content (AvgIpc) is 2.43. The fourth-order valence-electron chi connectivity index (χ4n) is 2.31. The molecule has 3 nitrogen and oxygen atoms in total. The van der Waals surface area contributed by atoms with E-state index >= 15 is 0 Å². The molecule has 0 amide bonds. The van der Waals surface area contributed by atoms with Crippen molar-refractivity contribution in [3.63, 3.8) is 0 Å². The molecule has 0 bridgehead atoms. The van der Waals surface area contributed by atoms with E-state index in [4.69, 9.17) is 11.6 Å². The summed E-state index contributed by atoms with van der Waals surface area (Å²) in [5.41, 5.74) is 3.02. The van der Waals surface area contributed by atoms with Crippen molar-refractivity contribution in [2.24, 2.45) is 0 Å². The fourth-order valence-corrected chi connectivity index (χ4v) is 2.54. The normalized spacial score (nSPS) is 23.5. The maximum atomic E-state index is 6.16. The van der Waals surface area contributed by atoms with E-state index in [9.17, 15) is 0 Å². The Morgan fingerprint density at radius 1 is 1.42 bits per heavy atom. The Morgan fingerprint density at radius 2 is 2.11 bits per heavy atom. The summed E-state index contributed by atoms with van der Waals surface area (Å²) >= 11 is 6.16. The van der Waals surface area contributed by atoms with Gasteiger partial charge in [0.1, 0.15) is 0 Å². The van der Waals surface area contributed by atoms with Crippen LogP contribution in [0.4, 0.5) is 0 Å². The van der Waals surface area contributed by atoms with Crippen LogP contribution < -0.4 is 10.6 Å². The van der Waals surface area contributed by atoms with E-state index in [1.165, 1.54) is 0 Å². The van der Waals surface area contributed by atoms with Crippen LogP contribution in [0.2, 0.25) is 0 Å². The van der Waals surface area contributed by atoms with E-state index < -0.39 is 0 Å². The first-order valence-electron chi connectivity index (χ1n) is 6.73. The summed E-state index contributed by atoms with van der Waals surface area (Å²) in [4.78, 5) is 2.26. The van der Waals surface area contributed by atoms with Crippen molar-refractivity contribution in [2.45, 2.75) is 19.4 Å². The number of piperazine rings is 1. The van der Waals surface area contributed by atoms with Gasteiger partial charge in [-0.05, 0) is 25.0 Å². The van der Waals surface area contributed by atoms with E-state index in [0.29, 0.717) is 0 Å². The first kappa shape index (κ1) is 14.2. The quantitative estimate of drug-likeness (QED) is 0.774. The van der Waals surface area contributed by atoms with Gasteiger partial charge >= 0.3 is 0 Å². The number of nitrogens with zero attached hydrogens (tertiary/aromatic N) is 1. The second-order valence-electron chi connectivity index (χ2n) is 5.05. The highest BCUT2D eigenvalue weighted by molar-refractivity contribution is 6.32. The molecule has 0 spiro atoms. The molecular weight excluding hydrogens is 258 g/mol. The van der Waals surface area contributed by atoms with E-state index in [2.05, 4.69) is 34.8 Å². The first-order chi connectivity index (χ1) is 9.08. The van der Waals surface area contributed by atoms with Crippen molar-refractivity contribution in [1.29, 1.82) is 0 Å². The molecule has 19 heavy (non-hydrogen) atoms. The Morgan fingerprint density at radius 3 is 2.74 bits per heavy atom. The Kier molecular flexibility index (Phi) is 4.72. The van der Waals surface area contributed by atoms with Gasteiger partial charge in [0.25, 0.3) is 0 Å². The van der Waals surface area contributed by atoms with Crippen LogP contribution in [-0.4, -0.2) is 37.1 Å². The maximum absolute atomic E-state index is 6.16. The highest BCUT2D eigenvalue weighted by Crippen LogP contribution is 2.22. The lowest BCUT2D eigenvalue weighted by Crippen LogP contribution is -2.44. The summed E-state index contributed by atoms with van der Waals surface area (Å²) in [6.45, 7) is 14.3. The van der Waals surface area contributed by atoms with Gasteiger partial charge in [-0.1, -0.05) is 30.8 Å². The van der Waals surface area contributed by atoms with Crippen molar-refractivity contribution in [1.82, 2.24) is 15.5 Å². The summed E-state index contributed by atoms with van der Waals surface area (Å²) in [5, 5.41) is 7.56. The Labute approximate surface area is 120 Å². The number of hydrogen-bond acceptors (Lipinski definition) is 3. The third-order valence-corrected chi connectivity index (χ3v) is 4.03. The van der Waals surface area contributed by atoms with Crippen molar-refractivity contribution >= 4 is 11.6 Å². The van der Waals surface area contributed by atoms with Gasteiger partial charge in [0.05, 0.1) is 11.4 Å². The van der Waals surface area contributed by atoms with Gasteiger partial charge in [0.2, 0.25) is 0 Å². The summed E-state index contributed by atoms with van der Waals surface area (Å²) in [6.07, 6.45) is 5.14. The summed E-state index contributed by atoms with van der Waals surface area (Å²) in [5.74, 6) is 0. The van der Waals surface area contributed by atoms with Crippen molar-refractivity contribution in [3.8, 4) is 0 Å². The van der Waals surface area contributed by atoms with Gasteiger partial charge in [-0.15, -0.1) is 0 Å². The van der Waals surface area contributed by atoms with Crippen LogP contribution in [0.1, 0.15) is 13.3 Å². The number of hydrogen-bond donors (Lipinski definition) is 2. The molecule has 4 heteroatoms. The van der Waals surface area contributed by atoms with E-state index in [1.54, 1.807) is 0 Å². The molecule has 0 aromatic heterocycles. The molecular formula is C15H22ClN3. The zero-order valence-electron chi connectivity index (χ0n) is 11.5. The molecule has 1 aliphatic carbocycles. The van der Waals surface area contributed by atoms with Crippen LogP contribution >= 0.6 is 11.6 Å². The maximum Gasteiger partial charge on any atom is 0.0523 e. The van der Waals surface area contributed by atoms with Crippen LogP contribution in [-0.2, 0) is 0 Å². The highest BCUT2D eigenvalue weighted by atomic mass is 35.5. The second-order valence-corrected chi connectivity index (χ2v) is 5.46. The van der Waals surface area contributed by atoms with E-state index in [1.807, 2.05) is 13.0 Å². The predicted octanol–water partition coefficient (Wildman–Crippen LogP) is 2.35. The lowest BCUT2D eigenvalue weighted by atomic mass is 10.0. The average molecular weight is 280 g/mol. The molecule has 0 saturated carbocycles. The van der Waals surface area contributed by atoms with Gasteiger partial charge in [-0.3, -0.25) is 0 Å². The Balaban J connectivity index is 1.89. The Hall–Kier alpha value is -1.19. The van der Waals surface area contributed by atoms with Crippen LogP contribution in [0.25, 0.3) is 0 Å². The molecule has 1 fully saturated rings. The zero-order valence-corrected chi connectivity index (χ0v) is 12.3. The van der Waals surface area contributed by atoms with E-state index in [0.717, 1.165) is 54.6 Å². The molecule has 104 valence electrons. The molecule has 1 saturated heterocycles. The monoisotopic (exact) mass is 279 g/mol. The molecule has 0 aromatic rings. The van der Waals surface area contributed by atoms with Crippen LogP contribution in [0.5, 0.6) is 0 Å². The van der Waals surface area contributed by atoms with Gasteiger partial charge < -0.3 is 15.5 Å². The predicted molar refractivity (Wildman–Crippen MR) is 82.0 cm³/mol. The lowest BCUT2D eigenvalue weighted by molar-refractivity contribution is 0.301. The number of allylic oxidation sites excluding steroid dienone is 2. The molecule has 2 N–H and O–H groups in total. The van der Waals surface area contributed by atoms with Crippen LogP contribution in [0.3, 0.4) is 0 Å². The van der Waals surface area contributed by atoms with Crippen LogP contribution in [0.15, 0.2) is 47.3 Å². The standard InChI is InChI=1S/C15H22ClN3/c1-11-4-5-14(10-15(11)16)18-12(2)13(3)19-8-6-17-7-9-19/h4,10,14,17-18H,2-3,5-9H2,1H3. The lowest BCUT2D eigenvalue weighted by Gasteiger charge is -2.33. The molecule has 0 aromatic carbocycles. The number of halogens is 1. The summed E-state index contributed by atoms with van der Waals surface area (Å²) in [7, 11) is 0. The fraction of sp³-hybridized carbons (Fsp3) is 0.467. The molecule has 2 rings (SSSR count). The summed E-state index contributed by atoms with van der Waals surface area (Å²) < 4.78 is 0. The minimum absolute atomic E-state index is 0.211. The van der Waals surface area contributed by atoms with Crippen molar-refractivity contribution in [2.75, 3.05) is 26.2 Å². The molecule has 1 atom stereocenters. The van der Waals surface area contributed by atoms with Gasteiger partial charge in [0, 0.05) is 37.3 Å². The minimum atomic E-state index is 0.211. The van der Waals surface area contributed by atoms with Gasteiger partial charge in [0.15, 0.2) is 0 Å². The number of rotatable bonds is 4. The third-order valence-electron chi connectivity index (χ3n) is 3.61. The smallest absolute Gasteiger partial charge is 0.0523 e. The third kappa shape index (κ3) is 3.64. The molecule has 2 aliphatic rings. The van der Waals surface area contributed by atoms with Crippen molar-refractivity contribution in [3.05, 3.63) is 47.3 Å². The van der Waals surface area contributed by atoms with Crippen LogP contribution in [0, 0.1) is 0 Å². The van der Waals surface area contributed by atoms with Crippen molar-refractivity contribution < 1.29 is 0 Å². The van der Waals surface area contributed by atoms with E-state index in [-0.39, 0.29) is 6.04 Å². The SMILES string of the molecule is C=C(NC1C=C(Cl)C(C)=CC1)C(=C)N1CCNCC1. The Bertz CT molecular complexity index is 431. The largest absolute Gasteiger partial charge is 0.377 e. The summed E-state index contributed by atoms with van der Waals surface area (Å²) in [6, 6.07) is 0.211. The molecule has 0 radical (unpaired) electrons. The van der Waals surface area contributed by atoms with Gasteiger partial charge in [-0.25, -0.2) is 0 Å². The number of nitrogens with one attached hydrogen (secondary N) is 2. The molecule has 1 aliphatic heterocycles. The highest BCUT2D eigenvalue weighted by Gasteiger charge is 2.17. The first-order valence-corrected chi connectivity index (χ1v) is 7.10.